The van der Waals surface area contributed by atoms with E-state index >= 15 is 0 Å². The van der Waals surface area contributed by atoms with Crippen molar-refractivity contribution in [2.24, 2.45) is 0 Å². The zero-order chi connectivity index (χ0) is 28.1. The van der Waals surface area contributed by atoms with Gasteiger partial charge in [0.1, 0.15) is 0 Å². The third-order valence-electron chi connectivity index (χ3n) is 7.57. The van der Waals surface area contributed by atoms with Crippen LogP contribution in [0, 0.1) is 0 Å². The van der Waals surface area contributed by atoms with Crippen molar-refractivity contribution >= 4 is 28.6 Å². The van der Waals surface area contributed by atoms with E-state index in [0.717, 1.165) is 59.8 Å². The van der Waals surface area contributed by atoms with E-state index in [9.17, 15) is 14.7 Å². The fourth-order valence-electron chi connectivity index (χ4n) is 5.20. The van der Waals surface area contributed by atoms with Gasteiger partial charge in [-0.05, 0) is 98.5 Å². The van der Waals surface area contributed by atoms with Crippen molar-refractivity contribution in [3.05, 3.63) is 114 Å². The highest BCUT2D eigenvalue weighted by Crippen LogP contribution is 2.23. The van der Waals surface area contributed by atoms with E-state index in [1.807, 2.05) is 95.7 Å². The lowest BCUT2D eigenvalue weighted by Gasteiger charge is -2.31. The number of nitrogens with zero attached hydrogens (tertiary/aromatic N) is 2. The SMILES string of the molecule is CC(C)n1cccc1C(=O)Cc1ccc(Nc2ccc(CC(=O)c3ccc(N4CCC(O)CC4)cc3)cc2)cc1. The molecule has 0 spiro atoms. The van der Waals surface area contributed by atoms with Gasteiger partial charge in [-0.15, -0.1) is 0 Å². The number of anilines is 3. The number of aromatic nitrogens is 1. The predicted octanol–water partition coefficient (Wildman–Crippen LogP) is 6.62. The molecule has 4 aromatic rings. The number of benzene rings is 3. The second kappa shape index (κ2) is 12.3. The molecule has 1 aromatic heterocycles. The van der Waals surface area contributed by atoms with Crippen molar-refractivity contribution in [1.29, 1.82) is 0 Å². The zero-order valence-electron chi connectivity index (χ0n) is 23.2. The number of rotatable bonds is 10. The third-order valence-corrected chi connectivity index (χ3v) is 7.57. The van der Waals surface area contributed by atoms with Gasteiger partial charge in [-0.25, -0.2) is 0 Å². The second-order valence-corrected chi connectivity index (χ2v) is 10.9. The fourth-order valence-corrected chi connectivity index (χ4v) is 5.20. The van der Waals surface area contributed by atoms with Crippen molar-refractivity contribution < 1.29 is 14.7 Å². The Labute approximate surface area is 236 Å². The molecule has 6 nitrogen and oxygen atoms in total. The summed E-state index contributed by atoms with van der Waals surface area (Å²) in [5.74, 6) is 0.204. The van der Waals surface area contributed by atoms with E-state index in [2.05, 4.69) is 24.1 Å². The molecule has 0 aliphatic carbocycles. The first-order valence-electron chi connectivity index (χ1n) is 14.1. The van der Waals surface area contributed by atoms with Crippen LogP contribution in [0.5, 0.6) is 0 Å². The quantitative estimate of drug-likeness (QED) is 0.223. The first-order chi connectivity index (χ1) is 19.4. The average molecular weight is 536 g/mol. The maximum Gasteiger partial charge on any atom is 0.183 e. The van der Waals surface area contributed by atoms with Crippen LogP contribution in [0.15, 0.2) is 91.1 Å². The van der Waals surface area contributed by atoms with Gasteiger partial charge in [0.25, 0.3) is 0 Å². The van der Waals surface area contributed by atoms with Crippen LogP contribution in [-0.2, 0) is 12.8 Å². The van der Waals surface area contributed by atoms with Crippen LogP contribution in [0.2, 0.25) is 0 Å². The van der Waals surface area contributed by atoms with Crippen molar-refractivity contribution in [3.63, 3.8) is 0 Å². The van der Waals surface area contributed by atoms with Crippen LogP contribution < -0.4 is 10.2 Å². The molecule has 0 atom stereocenters. The molecule has 206 valence electrons. The van der Waals surface area contributed by atoms with Crippen molar-refractivity contribution in [2.45, 2.75) is 51.7 Å². The highest BCUT2D eigenvalue weighted by atomic mass is 16.3. The molecule has 0 saturated carbocycles. The van der Waals surface area contributed by atoms with E-state index in [1.54, 1.807) is 0 Å². The van der Waals surface area contributed by atoms with Crippen LogP contribution in [0.3, 0.4) is 0 Å². The Kier molecular flexibility index (Phi) is 8.46. The van der Waals surface area contributed by atoms with Gasteiger partial charge < -0.3 is 19.9 Å². The van der Waals surface area contributed by atoms with Crippen molar-refractivity contribution in [2.75, 3.05) is 23.3 Å². The van der Waals surface area contributed by atoms with Crippen molar-refractivity contribution in [3.8, 4) is 0 Å². The van der Waals surface area contributed by atoms with Gasteiger partial charge >= 0.3 is 0 Å². The number of hydrogen-bond donors (Lipinski definition) is 2. The zero-order valence-corrected chi connectivity index (χ0v) is 23.2. The molecule has 0 unspecified atom stereocenters. The smallest absolute Gasteiger partial charge is 0.183 e. The number of carbonyl (C=O) groups is 2. The molecule has 3 aromatic carbocycles. The van der Waals surface area contributed by atoms with Crippen molar-refractivity contribution in [1.82, 2.24) is 4.57 Å². The van der Waals surface area contributed by atoms with E-state index in [-0.39, 0.29) is 23.7 Å². The Morgan fingerprint density at radius 2 is 1.35 bits per heavy atom. The Hall–Kier alpha value is -4.16. The first kappa shape index (κ1) is 27.4. The lowest BCUT2D eigenvalue weighted by atomic mass is 10.0. The van der Waals surface area contributed by atoms with Gasteiger partial charge in [0.05, 0.1) is 11.8 Å². The minimum absolute atomic E-state index is 0.0899. The molecule has 1 saturated heterocycles. The molecular weight excluding hydrogens is 498 g/mol. The number of carbonyl (C=O) groups excluding carboxylic acids is 2. The van der Waals surface area contributed by atoms with Crippen LogP contribution in [0.25, 0.3) is 0 Å². The topological polar surface area (TPSA) is 74.6 Å². The van der Waals surface area contributed by atoms with Gasteiger partial charge in [0, 0.05) is 60.8 Å². The number of aliphatic hydroxyl groups is 1. The van der Waals surface area contributed by atoms with Gasteiger partial charge in [-0.2, -0.15) is 0 Å². The molecular formula is C34H37N3O3. The summed E-state index contributed by atoms with van der Waals surface area (Å²) in [6.45, 7) is 5.83. The predicted molar refractivity (Wildman–Crippen MR) is 161 cm³/mol. The molecule has 6 heteroatoms. The Balaban J connectivity index is 1.13. The van der Waals surface area contributed by atoms with Gasteiger partial charge in [0.15, 0.2) is 11.6 Å². The van der Waals surface area contributed by atoms with E-state index in [1.165, 1.54) is 0 Å². The average Bonchev–Trinajstić information content (AvgIpc) is 3.47. The molecule has 0 amide bonds. The van der Waals surface area contributed by atoms with Gasteiger partial charge in [-0.1, -0.05) is 24.3 Å². The molecule has 5 rings (SSSR count). The van der Waals surface area contributed by atoms with Crippen LogP contribution in [-0.4, -0.2) is 40.4 Å². The molecule has 1 aliphatic heterocycles. The Bertz CT molecular complexity index is 1430. The summed E-state index contributed by atoms with van der Waals surface area (Å²) >= 11 is 0. The summed E-state index contributed by atoms with van der Waals surface area (Å²) in [5.41, 5.74) is 6.36. The molecule has 0 radical (unpaired) electrons. The number of ketones is 2. The minimum Gasteiger partial charge on any atom is -0.393 e. The number of piperidine rings is 1. The second-order valence-electron chi connectivity index (χ2n) is 10.9. The third kappa shape index (κ3) is 6.69. The Morgan fingerprint density at radius 3 is 1.90 bits per heavy atom. The lowest BCUT2D eigenvalue weighted by molar-refractivity contribution is 0.0978. The summed E-state index contributed by atoms with van der Waals surface area (Å²) in [7, 11) is 0. The highest BCUT2D eigenvalue weighted by molar-refractivity contribution is 5.98. The van der Waals surface area contributed by atoms with E-state index in [0.29, 0.717) is 18.4 Å². The minimum atomic E-state index is -0.199. The number of aliphatic hydroxyl groups excluding tert-OH is 1. The summed E-state index contributed by atoms with van der Waals surface area (Å²) in [4.78, 5) is 27.9. The summed E-state index contributed by atoms with van der Waals surface area (Å²) in [6, 6.07) is 27.7. The van der Waals surface area contributed by atoms with E-state index < -0.39 is 0 Å². The standard InChI is InChI=1S/C34H37N3O3/c1-24(2)37-19-3-4-32(37)34(40)23-26-7-13-29(14-8-26)35-28-11-5-25(6-12-28)22-33(39)27-9-15-30(16-10-27)36-20-17-31(38)18-21-36/h3-16,19,24,31,35,38H,17-18,20-23H2,1-2H3. The number of Topliss-reactive ketones (excluding diaryl/α,β-unsaturated/α-hetero) is 2. The maximum absolute atomic E-state index is 12.9. The van der Waals surface area contributed by atoms with Gasteiger partial charge in [-0.3, -0.25) is 9.59 Å². The highest BCUT2D eigenvalue weighted by Gasteiger charge is 2.18. The summed E-state index contributed by atoms with van der Waals surface area (Å²) in [5, 5.41) is 13.1. The molecule has 1 aliphatic rings. The first-order valence-corrected chi connectivity index (χ1v) is 14.1. The van der Waals surface area contributed by atoms with Crippen LogP contribution in [0.1, 0.15) is 64.7 Å². The number of hydrogen-bond acceptors (Lipinski definition) is 5. The largest absolute Gasteiger partial charge is 0.393 e. The monoisotopic (exact) mass is 535 g/mol. The Morgan fingerprint density at radius 1 is 0.800 bits per heavy atom. The lowest BCUT2D eigenvalue weighted by Crippen LogP contribution is -2.35. The molecule has 2 N–H and O–H groups in total. The fraction of sp³-hybridized carbons (Fsp3) is 0.294. The van der Waals surface area contributed by atoms with E-state index in [4.69, 9.17) is 0 Å². The maximum atomic E-state index is 12.9. The summed E-state index contributed by atoms with van der Waals surface area (Å²) in [6.07, 6.45) is 4.03. The van der Waals surface area contributed by atoms with Crippen LogP contribution in [0.4, 0.5) is 17.1 Å². The van der Waals surface area contributed by atoms with Gasteiger partial charge in [0.2, 0.25) is 0 Å². The van der Waals surface area contributed by atoms with Crippen LogP contribution >= 0.6 is 0 Å². The molecule has 40 heavy (non-hydrogen) atoms. The number of nitrogens with one attached hydrogen (secondary N) is 1. The molecule has 2 heterocycles. The summed E-state index contributed by atoms with van der Waals surface area (Å²) < 4.78 is 2.01. The molecule has 1 fully saturated rings. The molecule has 0 bridgehead atoms. The normalized spacial score (nSPS) is 13.9.